The van der Waals surface area contributed by atoms with Crippen molar-refractivity contribution >= 4 is 17.4 Å². The maximum atomic E-state index is 12.0. The largest absolute Gasteiger partial charge is 0.338 e. The van der Waals surface area contributed by atoms with Crippen molar-refractivity contribution < 1.29 is 4.79 Å². The summed E-state index contributed by atoms with van der Waals surface area (Å²) >= 11 is 1.81. The fourth-order valence-corrected chi connectivity index (χ4v) is 3.13. The number of nitrogens with one attached hydrogen (secondary N) is 1. The Morgan fingerprint density at radius 3 is 3.17 bits per heavy atom. The molecule has 0 unspecified atom stereocenters. The zero-order valence-corrected chi connectivity index (χ0v) is 12.1. The van der Waals surface area contributed by atoms with Crippen molar-refractivity contribution in [1.82, 2.24) is 10.2 Å². The van der Waals surface area contributed by atoms with Gasteiger partial charge in [-0.25, -0.2) is 4.79 Å². The van der Waals surface area contributed by atoms with Crippen LogP contribution in [-0.4, -0.2) is 24.0 Å². The van der Waals surface area contributed by atoms with Gasteiger partial charge >= 0.3 is 6.03 Å². The monoisotopic (exact) mass is 266 g/mol. The minimum atomic E-state index is 0.0932. The van der Waals surface area contributed by atoms with Crippen LogP contribution in [-0.2, 0) is 13.0 Å². The normalized spacial score (nSPS) is 14.7. The third kappa shape index (κ3) is 3.48. The Bertz CT molecular complexity index is 400. The third-order valence-corrected chi connectivity index (χ3v) is 4.35. The Hall–Kier alpha value is -1.03. The molecule has 0 aliphatic carbocycles. The van der Waals surface area contributed by atoms with Crippen molar-refractivity contribution in [2.24, 2.45) is 5.92 Å². The van der Waals surface area contributed by atoms with Crippen molar-refractivity contribution in [3.05, 3.63) is 21.9 Å². The van der Waals surface area contributed by atoms with Gasteiger partial charge in [-0.2, -0.15) is 0 Å². The lowest BCUT2D eigenvalue weighted by Crippen LogP contribution is -2.42. The number of urea groups is 1. The predicted molar refractivity (Wildman–Crippen MR) is 75.9 cm³/mol. The van der Waals surface area contributed by atoms with E-state index in [1.807, 2.05) is 4.90 Å². The first-order valence-corrected chi connectivity index (χ1v) is 7.63. The van der Waals surface area contributed by atoms with Crippen LogP contribution in [0.5, 0.6) is 0 Å². The van der Waals surface area contributed by atoms with E-state index in [9.17, 15) is 4.79 Å². The summed E-state index contributed by atoms with van der Waals surface area (Å²) in [6.07, 6.45) is 3.25. The Morgan fingerprint density at radius 1 is 1.56 bits per heavy atom. The van der Waals surface area contributed by atoms with Gasteiger partial charge in [0.05, 0.1) is 0 Å². The molecule has 0 saturated heterocycles. The molecule has 1 aromatic heterocycles. The van der Waals surface area contributed by atoms with Crippen LogP contribution in [0.2, 0.25) is 0 Å². The molecule has 1 aliphatic heterocycles. The number of fused-ring (bicyclic) bond motifs is 1. The first kappa shape index (κ1) is 13.4. The van der Waals surface area contributed by atoms with E-state index in [1.54, 1.807) is 11.3 Å². The van der Waals surface area contributed by atoms with Crippen LogP contribution >= 0.6 is 11.3 Å². The highest BCUT2D eigenvalue weighted by Crippen LogP contribution is 2.23. The molecule has 100 valence electrons. The standard InChI is InChI=1S/C14H22N2OS/c1-11(2)4-3-7-15-14(17)16-8-5-13-12(10-16)6-9-18-13/h6,9,11H,3-5,7-8,10H2,1-2H3,(H,15,17). The summed E-state index contributed by atoms with van der Waals surface area (Å²) in [5.74, 6) is 0.713. The Kier molecular flexibility index (Phi) is 4.64. The maximum Gasteiger partial charge on any atom is 0.317 e. The minimum Gasteiger partial charge on any atom is -0.338 e. The first-order chi connectivity index (χ1) is 8.66. The summed E-state index contributed by atoms with van der Waals surface area (Å²) in [5, 5.41) is 5.14. The molecule has 0 radical (unpaired) electrons. The Labute approximate surface area is 113 Å². The highest BCUT2D eigenvalue weighted by atomic mass is 32.1. The van der Waals surface area contributed by atoms with Crippen LogP contribution in [0.4, 0.5) is 4.79 Å². The van der Waals surface area contributed by atoms with Crippen LogP contribution in [0.3, 0.4) is 0 Å². The summed E-state index contributed by atoms with van der Waals surface area (Å²) in [6.45, 7) is 6.84. The molecule has 1 N–H and O–H groups in total. The molecular weight excluding hydrogens is 244 g/mol. The van der Waals surface area contributed by atoms with Gasteiger partial charge in [0.15, 0.2) is 0 Å². The summed E-state index contributed by atoms with van der Waals surface area (Å²) in [4.78, 5) is 15.4. The van der Waals surface area contributed by atoms with Gasteiger partial charge in [-0.1, -0.05) is 13.8 Å². The zero-order valence-electron chi connectivity index (χ0n) is 11.2. The molecule has 0 saturated carbocycles. The number of carbonyl (C=O) groups excluding carboxylic acids is 1. The molecule has 2 amide bonds. The number of hydrogen-bond acceptors (Lipinski definition) is 2. The summed E-state index contributed by atoms with van der Waals surface area (Å²) in [7, 11) is 0. The maximum absolute atomic E-state index is 12.0. The van der Waals surface area contributed by atoms with Gasteiger partial charge in [0, 0.05) is 24.5 Å². The van der Waals surface area contributed by atoms with Crippen molar-refractivity contribution in [1.29, 1.82) is 0 Å². The second kappa shape index (κ2) is 6.23. The quantitative estimate of drug-likeness (QED) is 0.834. The van der Waals surface area contributed by atoms with Gasteiger partial charge in [-0.05, 0) is 42.2 Å². The summed E-state index contributed by atoms with van der Waals surface area (Å²) < 4.78 is 0. The topological polar surface area (TPSA) is 32.3 Å². The van der Waals surface area contributed by atoms with Gasteiger partial charge in [0.25, 0.3) is 0 Å². The zero-order chi connectivity index (χ0) is 13.0. The van der Waals surface area contributed by atoms with Crippen LogP contribution in [0.15, 0.2) is 11.4 Å². The molecule has 18 heavy (non-hydrogen) atoms. The van der Waals surface area contributed by atoms with Gasteiger partial charge in [-0.15, -0.1) is 11.3 Å². The molecule has 4 heteroatoms. The van der Waals surface area contributed by atoms with Gasteiger partial charge < -0.3 is 10.2 Å². The molecule has 0 aromatic carbocycles. The number of rotatable bonds is 4. The molecule has 2 rings (SSSR count). The van der Waals surface area contributed by atoms with E-state index in [0.29, 0.717) is 5.92 Å². The molecule has 3 nitrogen and oxygen atoms in total. The number of amides is 2. The Balaban J connectivity index is 1.74. The lowest BCUT2D eigenvalue weighted by atomic mass is 10.1. The summed E-state index contributed by atoms with van der Waals surface area (Å²) in [6, 6.07) is 2.23. The fraction of sp³-hybridized carbons (Fsp3) is 0.643. The number of hydrogen-bond donors (Lipinski definition) is 1. The molecule has 1 aromatic rings. The van der Waals surface area contributed by atoms with E-state index >= 15 is 0 Å². The van der Waals surface area contributed by atoms with E-state index in [4.69, 9.17) is 0 Å². The smallest absolute Gasteiger partial charge is 0.317 e. The van der Waals surface area contributed by atoms with E-state index in [-0.39, 0.29) is 6.03 Å². The van der Waals surface area contributed by atoms with Crippen molar-refractivity contribution in [2.45, 2.75) is 39.7 Å². The van der Waals surface area contributed by atoms with Crippen molar-refractivity contribution in [2.75, 3.05) is 13.1 Å². The lowest BCUT2D eigenvalue weighted by molar-refractivity contribution is 0.192. The van der Waals surface area contributed by atoms with E-state index in [0.717, 1.165) is 32.5 Å². The molecular formula is C14H22N2OS. The van der Waals surface area contributed by atoms with Crippen LogP contribution in [0.25, 0.3) is 0 Å². The minimum absolute atomic E-state index is 0.0932. The second-order valence-electron chi connectivity index (χ2n) is 5.31. The van der Waals surface area contributed by atoms with Gasteiger partial charge in [-0.3, -0.25) is 0 Å². The lowest BCUT2D eigenvalue weighted by Gasteiger charge is -2.27. The SMILES string of the molecule is CC(C)CCCNC(=O)N1CCc2sccc2C1. The average molecular weight is 266 g/mol. The number of thiophene rings is 1. The molecule has 0 bridgehead atoms. The fourth-order valence-electron chi connectivity index (χ4n) is 2.24. The van der Waals surface area contributed by atoms with Gasteiger partial charge in [0.2, 0.25) is 0 Å². The van der Waals surface area contributed by atoms with E-state index < -0.39 is 0 Å². The molecule has 2 heterocycles. The van der Waals surface area contributed by atoms with Crippen molar-refractivity contribution in [3.63, 3.8) is 0 Å². The molecule has 0 atom stereocenters. The molecule has 1 aliphatic rings. The van der Waals surface area contributed by atoms with E-state index in [1.165, 1.54) is 16.9 Å². The summed E-state index contributed by atoms with van der Waals surface area (Å²) in [5.41, 5.74) is 1.32. The first-order valence-electron chi connectivity index (χ1n) is 6.75. The third-order valence-electron chi connectivity index (χ3n) is 3.33. The Morgan fingerprint density at radius 2 is 2.39 bits per heavy atom. The molecule has 0 spiro atoms. The van der Waals surface area contributed by atoms with Gasteiger partial charge in [0.1, 0.15) is 0 Å². The highest BCUT2D eigenvalue weighted by molar-refractivity contribution is 7.10. The second-order valence-corrected chi connectivity index (χ2v) is 6.31. The highest BCUT2D eigenvalue weighted by Gasteiger charge is 2.20. The van der Waals surface area contributed by atoms with Crippen LogP contribution < -0.4 is 5.32 Å². The number of nitrogens with zero attached hydrogens (tertiary/aromatic N) is 1. The van der Waals surface area contributed by atoms with Crippen LogP contribution in [0, 0.1) is 5.92 Å². The van der Waals surface area contributed by atoms with Crippen LogP contribution in [0.1, 0.15) is 37.1 Å². The average Bonchev–Trinajstić information content (AvgIpc) is 2.81. The predicted octanol–water partition coefficient (Wildman–Crippen LogP) is 3.25. The number of carbonyl (C=O) groups is 1. The van der Waals surface area contributed by atoms with Crippen molar-refractivity contribution in [3.8, 4) is 0 Å². The molecule has 0 fully saturated rings. The van der Waals surface area contributed by atoms with E-state index in [2.05, 4.69) is 30.6 Å².